The molecule has 0 aromatic carbocycles. The van der Waals surface area contributed by atoms with Gasteiger partial charge >= 0.3 is 0 Å². The molecular formula is C6H6N2O. The van der Waals surface area contributed by atoms with Crippen molar-refractivity contribution in [3.63, 3.8) is 0 Å². The predicted molar refractivity (Wildman–Crippen MR) is 34.1 cm³/mol. The summed E-state index contributed by atoms with van der Waals surface area (Å²) in [6.07, 6.45) is 0. The Morgan fingerprint density at radius 2 is 2.33 bits per heavy atom. The van der Waals surface area contributed by atoms with E-state index in [1.54, 1.807) is 0 Å². The van der Waals surface area contributed by atoms with Gasteiger partial charge < -0.3 is 10.3 Å². The maximum Gasteiger partial charge on any atom is 0.226 e. The fraction of sp³-hybridized carbons (Fsp3) is 0. The third-order valence-electron chi connectivity index (χ3n) is 1.35. The molecule has 9 heavy (non-hydrogen) atoms. The molecular weight excluding hydrogens is 116 g/mol. The summed E-state index contributed by atoms with van der Waals surface area (Å²) in [6.45, 7) is 0. The average Bonchev–Trinajstić information content (AvgIpc) is 2.35. The molecule has 0 bridgehead atoms. The fourth-order valence-electron chi connectivity index (χ4n) is 0.889. The van der Waals surface area contributed by atoms with Gasteiger partial charge in [-0.2, -0.15) is 0 Å². The molecule has 0 aromatic heterocycles. The normalized spacial score (nSPS) is 10.7. The number of hydrogen-bond donors (Lipinski definition) is 2. The molecule has 1 aliphatic carbocycles. The highest BCUT2D eigenvalue weighted by Gasteiger charge is 2.08. The Bertz CT molecular complexity index is 283. The molecule has 0 aromatic rings. The highest BCUT2D eigenvalue weighted by Crippen LogP contribution is 2.27. The van der Waals surface area contributed by atoms with Gasteiger partial charge in [0.15, 0.2) is 0 Å². The van der Waals surface area contributed by atoms with Gasteiger partial charge in [-0.3, -0.25) is 0 Å². The molecule has 0 radical (unpaired) electrons. The number of nitrogens with two attached hydrogens (primary N) is 1. The van der Waals surface area contributed by atoms with Gasteiger partial charge in [0.2, 0.25) is 5.88 Å². The lowest BCUT2D eigenvalue weighted by molar-refractivity contribution is 0.441. The van der Waals surface area contributed by atoms with E-state index in [4.69, 9.17) is 10.3 Å². The van der Waals surface area contributed by atoms with Gasteiger partial charge in [0, 0.05) is 0 Å². The molecule has 1 aliphatic heterocycles. The Morgan fingerprint density at radius 3 is 3.11 bits per heavy atom. The number of fused-ring (bicyclic) bond motifs is 1. The molecule has 0 spiro atoms. The van der Waals surface area contributed by atoms with E-state index in [-0.39, 0.29) is 0 Å². The summed E-state index contributed by atoms with van der Waals surface area (Å²) < 4.78 is 4.81. The summed E-state index contributed by atoms with van der Waals surface area (Å²) >= 11 is 0. The number of aromatic amines is 1. The van der Waals surface area contributed by atoms with Gasteiger partial charge in [0.05, 0.1) is 11.3 Å². The maximum atomic E-state index is 5.42. The zero-order chi connectivity index (χ0) is 6.27. The molecule has 46 valence electrons. The predicted octanol–water partition coefficient (Wildman–Crippen LogP) is 1.29. The first-order valence-corrected chi connectivity index (χ1v) is 2.69. The molecule has 3 N–H and O–H groups in total. The Labute approximate surface area is 51.8 Å². The van der Waals surface area contributed by atoms with Crippen molar-refractivity contribution in [2.75, 3.05) is 5.73 Å². The lowest BCUT2D eigenvalue weighted by atomic mass is 10.3. The minimum Gasteiger partial charge on any atom is -0.367 e. The molecule has 0 saturated carbocycles. The molecule has 2 aliphatic rings. The van der Waals surface area contributed by atoms with Gasteiger partial charge in [-0.1, -0.05) is 6.07 Å². The van der Waals surface area contributed by atoms with Crippen LogP contribution < -0.4 is 5.73 Å². The van der Waals surface area contributed by atoms with Crippen molar-refractivity contribution in [3.05, 3.63) is 18.2 Å². The Hall–Kier alpha value is -1.38. The number of rotatable bonds is 0. The summed E-state index contributed by atoms with van der Waals surface area (Å²) in [6, 6.07) is 5.74. The molecule has 3 heteroatoms. The summed E-state index contributed by atoms with van der Waals surface area (Å²) in [7, 11) is 0. The van der Waals surface area contributed by atoms with Crippen LogP contribution in [0.25, 0.3) is 11.3 Å². The van der Waals surface area contributed by atoms with Gasteiger partial charge in [-0.25, -0.2) is 5.16 Å². The second kappa shape index (κ2) is 1.31. The SMILES string of the molecule is Nc1o[nH]c2cccc1-2. The van der Waals surface area contributed by atoms with Gasteiger partial charge in [-0.05, 0) is 12.1 Å². The summed E-state index contributed by atoms with van der Waals surface area (Å²) in [5.41, 5.74) is 7.33. The van der Waals surface area contributed by atoms with Crippen molar-refractivity contribution in [1.29, 1.82) is 0 Å². The molecule has 1 heterocycles. The molecule has 3 nitrogen and oxygen atoms in total. The van der Waals surface area contributed by atoms with Crippen molar-refractivity contribution in [2.24, 2.45) is 0 Å². The van der Waals surface area contributed by atoms with Crippen LogP contribution >= 0.6 is 0 Å². The molecule has 0 fully saturated rings. The van der Waals surface area contributed by atoms with Crippen LogP contribution in [0.1, 0.15) is 0 Å². The highest BCUT2D eigenvalue weighted by molar-refractivity contribution is 5.71. The first kappa shape index (κ1) is 4.49. The minimum atomic E-state index is 0.454. The summed E-state index contributed by atoms with van der Waals surface area (Å²) in [4.78, 5) is 0. The van der Waals surface area contributed by atoms with Crippen molar-refractivity contribution in [2.45, 2.75) is 0 Å². The van der Waals surface area contributed by atoms with Crippen molar-refractivity contribution in [1.82, 2.24) is 5.16 Å². The van der Waals surface area contributed by atoms with Crippen molar-refractivity contribution >= 4 is 5.88 Å². The first-order chi connectivity index (χ1) is 4.38. The van der Waals surface area contributed by atoms with E-state index < -0.39 is 0 Å². The van der Waals surface area contributed by atoms with Crippen LogP contribution in [0.5, 0.6) is 0 Å². The molecule has 2 rings (SSSR count). The largest absolute Gasteiger partial charge is 0.367 e. The number of nitrogens with one attached hydrogen (secondary N) is 1. The topological polar surface area (TPSA) is 54.9 Å². The van der Waals surface area contributed by atoms with Crippen LogP contribution in [-0.2, 0) is 0 Å². The maximum absolute atomic E-state index is 5.42. The molecule has 0 unspecified atom stereocenters. The van der Waals surface area contributed by atoms with E-state index in [2.05, 4.69) is 5.16 Å². The average molecular weight is 122 g/mol. The van der Waals surface area contributed by atoms with E-state index >= 15 is 0 Å². The first-order valence-electron chi connectivity index (χ1n) is 2.69. The van der Waals surface area contributed by atoms with Crippen LogP contribution in [0.4, 0.5) is 5.88 Å². The van der Waals surface area contributed by atoms with E-state index in [1.807, 2.05) is 18.2 Å². The third-order valence-corrected chi connectivity index (χ3v) is 1.35. The Balaban J connectivity index is 2.79. The second-order valence-electron chi connectivity index (χ2n) is 1.92. The quantitative estimate of drug-likeness (QED) is 0.553. The van der Waals surface area contributed by atoms with Crippen LogP contribution in [0.2, 0.25) is 0 Å². The second-order valence-corrected chi connectivity index (χ2v) is 1.92. The summed E-state index contributed by atoms with van der Waals surface area (Å²) in [5, 5.41) is 2.67. The van der Waals surface area contributed by atoms with E-state index in [1.165, 1.54) is 0 Å². The smallest absolute Gasteiger partial charge is 0.226 e. The lowest BCUT2D eigenvalue weighted by Gasteiger charge is -1.79. The zero-order valence-electron chi connectivity index (χ0n) is 4.72. The lowest BCUT2D eigenvalue weighted by Crippen LogP contribution is -1.79. The molecule has 0 saturated heterocycles. The Morgan fingerprint density at radius 1 is 1.44 bits per heavy atom. The third kappa shape index (κ3) is 0.455. The highest BCUT2D eigenvalue weighted by atomic mass is 16.5. The van der Waals surface area contributed by atoms with E-state index in [0.29, 0.717) is 5.88 Å². The fourth-order valence-corrected chi connectivity index (χ4v) is 0.889. The monoisotopic (exact) mass is 122 g/mol. The molecule has 0 atom stereocenters. The van der Waals surface area contributed by atoms with Gasteiger partial charge in [0.1, 0.15) is 0 Å². The number of anilines is 1. The van der Waals surface area contributed by atoms with Crippen molar-refractivity contribution in [3.8, 4) is 11.3 Å². The van der Waals surface area contributed by atoms with Gasteiger partial charge in [0.25, 0.3) is 0 Å². The van der Waals surface area contributed by atoms with Crippen molar-refractivity contribution < 1.29 is 4.52 Å². The minimum absolute atomic E-state index is 0.454. The number of H-pyrrole nitrogens is 1. The van der Waals surface area contributed by atoms with E-state index in [9.17, 15) is 0 Å². The number of hydrogen-bond acceptors (Lipinski definition) is 2. The van der Waals surface area contributed by atoms with Crippen LogP contribution in [0.3, 0.4) is 0 Å². The van der Waals surface area contributed by atoms with E-state index in [0.717, 1.165) is 11.3 Å². The van der Waals surface area contributed by atoms with Crippen LogP contribution in [0.15, 0.2) is 22.7 Å². The van der Waals surface area contributed by atoms with Crippen LogP contribution in [0, 0.1) is 0 Å². The summed E-state index contributed by atoms with van der Waals surface area (Å²) in [5.74, 6) is 0.454. The number of nitrogen functional groups attached to an aromatic ring is 1. The number of aromatic nitrogens is 1. The standard InChI is InChI=1S/C6H6N2O/c7-6-4-2-1-3-5(4)8-9-6/h1-3,8H,7H2. The van der Waals surface area contributed by atoms with Gasteiger partial charge in [-0.15, -0.1) is 0 Å². The van der Waals surface area contributed by atoms with Crippen LogP contribution in [-0.4, -0.2) is 5.16 Å². The Kier molecular flexibility index (Phi) is 0.656. The molecule has 0 amide bonds. The zero-order valence-corrected chi connectivity index (χ0v) is 4.72.